The Morgan fingerprint density at radius 2 is 1.64 bits per heavy atom. The first-order chi connectivity index (χ1) is 15.1. The molecule has 3 nitrogen and oxygen atoms in total. The molecule has 4 rings (SSSR count). The van der Waals surface area contributed by atoms with Crippen molar-refractivity contribution in [2.45, 2.75) is 101 Å². The maximum Gasteiger partial charge on any atom is 0.175 e. The average Bonchev–Trinajstić information content (AvgIpc) is 2.69. The fraction of sp³-hybridized carbons (Fsp3) is 0.800. The minimum absolute atomic E-state index is 0.000973. The number of carbonyl (C=O) groups excluding carboxylic acids is 2. The van der Waals surface area contributed by atoms with Crippen LogP contribution >= 0.6 is 0 Å². The Morgan fingerprint density at radius 3 is 2.21 bits per heavy atom. The molecule has 4 aliphatic rings. The molecule has 6 atom stereocenters. The van der Waals surface area contributed by atoms with Crippen LogP contribution in [0.3, 0.4) is 0 Å². The molecule has 33 heavy (non-hydrogen) atoms. The third-order valence-corrected chi connectivity index (χ3v) is 9.64. The van der Waals surface area contributed by atoms with E-state index < -0.39 is 16.4 Å². The normalized spacial score (nSPS) is 39.6. The summed E-state index contributed by atoms with van der Waals surface area (Å²) in [5, 5.41) is 0. The van der Waals surface area contributed by atoms with Crippen molar-refractivity contribution in [2.24, 2.45) is 52.3 Å². The lowest BCUT2D eigenvalue weighted by molar-refractivity contribution is -0.153. The van der Waals surface area contributed by atoms with E-state index >= 15 is 0 Å². The monoisotopic (exact) mass is 454 g/mol. The zero-order chi connectivity index (χ0) is 24.7. The second-order valence-electron chi connectivity index (χ2n) is 13.7. The van der Waals surface area contributed by atoms with Gasteiger partial charge in [0.05, 0.1) is 10.8 Å². The molecule has 0 unspecified atom stereocenters. The Hall–Kier alpha value is -1.38. The molecule has 0 aromatic rings. The minimum atomic E-state index is -0.995. The number of rotatable bonds is 3. The van der Waals surface area contributed by atoms with Gasteiger partial charge in [0.1, 0.15) is 11.4 Å². The predicted molar refractivity (Wildman–Crippen MR) is 133 cm³/mol. The topological polar surface area (TPSA) is 43.4 Å². The minimum Gasteiger partial charge on any atom is -0.486 e. The third kappa shape index (κ3) is 3.59. The summed E-state index contributed by atoms with van der Waals surface area (Å²) in [6.45, 7) is 21.4. The highest BCUT2D eigenvalue weighted by Gasteiger charge is 2.62. The van der Waals surface area contributed by atoms with E-state index in [-0.39, 0.29) is 23.4 Å². The zero-order valence-corrected chi connectivity index (χ0v) is 22.7. The standard InChI is InChI=1S/C30H46O3/c1-16(2)13-21-23-14-20-18(5)11-12-19(17(3)4)22(20)15-30(23,10)33-26-24(21)25(31)28(6,7)27(32)29(26,8)9/h15-21,23H,11-14H2,1-10H3/t18-,19+,20-,21+,23-,30-/m0/s1. The highest BCUT2D eigenvalue weighted by molar-refractivity contribution is 6.19. The lowest BCUT2D eigenvalue weighted by Gasteiger charge is -2.57. The molecule has 3 heteroatoms. The summed E-state index contributed by atoms with van der Waals surface area (Å²) in [5.74, 6) is 4.00. The number of ether oxygens (including phenoxy) is 1. The van der Waals surface area contributed by atoms with Crippen molar-refractivity contribution in [1.82, 2.24) is 0 Å². The van der Waals surface area contributed by atoms with Gasteiger partial charge in [0, 0.05) is 11.5 Å². The summed E-state index contributed by atoms with van der Waals surface area (Å²) in [7, 11) is 0. The van der Waals surface area contributed by atoms with Crippen LogP contribution in [0.4, 0.5) is 0 Å². The molecule has 0 aromatic heterocycles. The van der Waals surface area contributed by atoms with Gasteiger partial charge in [0.15, 0.2) is 11.6 Å². The molecule has 1 saturated carbocycles. The SMILES string of the molecule is CC(C)C[C@H]1C2=C(O[C@@]3(C)C=C4[C@@H](C[C@@H]13)[C@@H](C)CC[C@@H]4C(C)C)C(C)(C)C(=O)C(C)(C)C2=O. The van der Waals surface area contributed by atoms with Crippen molar-refractivity contribution >= 4 is 11.6 Å². The fourth-order valence-electron chi connectivity index (χ4n) is 7.82. The Kier molecular flexibility index (Phi) is 5.86. The molecule has 1 aliphatic heterocycles. The van der Waals surface area contributed by atoms with E-state index in [0.29, 0.717) is 35.3 Å². The van der Waals surface area contributed by atoms with Crippen LogP contribution in [0, 0.1) is 52.3 Å². The van der Waals surface area contributed by atoms with Gasteiger partial charge in [-0.25, -0.2) is 0 Å². The summed E-state index contributed by atoms with van der Waals surface area (Å²) in [5.41, 5.74) is 0.171. The van der Waals surface area contributed by atoms with Crippen LogP contribution in [0.15, 0.2) is 23.0 Å². The number of fused-ring (bicyclic) bond motifs is 2. The van der Waals surface area contributed by atoms with E-state index in [2.05, 4.69) is 47.6 Å². The van der Waals surface area contributed by atoms with Crippen molar-refractivity contribution in [3.63, 3.8) is 0 Å². The lowest BCUT2D eigenvalue weighted by Crippen LogP contribution is -2.58. The van der Waals surface area contributed by atoms with Gasteiger partial charge in [0.2, 0.25) is 0 Å². The largest absolute Gasteiger partial charge is 0.486 e. The van der Waals surface area contributed by atoms with Crippen molar-refractivity contribution in [3.05, 3.63) is 23.0 Å². The van der Waals surface area contributed by atoms with Crippen LogP contribution in [0.5, 0.6) is 0 Å². The number of hydrogen-bond donors (Lipinski definition) is 0. The first-order valence-electron chi connectivity index (χ1n) is 13.4. The summed E-state index contributed by atoms with van der Waals surface area (Å²) >= 11 is 0. The summed E-state index contributed by atoms with van der Waals surface area (Å²) in [6.07, 6.45) is 7.05. The Labute approximate surface area is 201 Å². The Balaban J connectivity index is 1.92. The second kappa shape index (κ2) is 7.82. The van der Waals surface area contributed by atoms with E-state index in [4.69, 9.17) is 4.74 Å². The van der Waals surface area contributed by atoms with Gasteiger partial charge in [-0.1, -0.05) is 40.2 Å². The van der Waals surface area contributed by atoms with Crippen LogP contribution in [0.1, 0.15) is 94.9 Å². The maximum absolute atomic E-state index is 13.9. The van der Waals surface area contributed by atoms with E-state index in [9.17, 15) is 9.59 Å². The van der Waals surface area contributed by atoms with Crippen molar-refractivity contribution < 1.29 is 14.3 Å². The summed E-state index contributed by atoms with van der Waals surface area (Å²) in [6, 6.07) is 0. The van der Waals surface area contributed by atoms with Crippen molar-refractivity contribution in [3.8, 4) is 0 Å². The quantitative estimate of drug-likeness (QED) is 0.336. The molecule has 1 fully saturated rings. The smallest absolute Gasteiger partial charge is 0.175 e. The highest BCUT2D eigenvalue weighted by atomic mass is 16.5. The molecule has 0 radical (unpaired) electrons. The van der Waals surface area contributed by atoms with E-state index in [1.807, 2.05) is 27.7 Å². The summed E-state index contributed by atoms with van der Waals surface area (Å²) < 4.78 is 6.92. The summed E-state index contributed by atoms with van der Waals surface area (Å²) in [4.78, 5) is 27.4. The number of hydrogen-bond acceptors (Lipinski definition) is 3. The third-order valence-electron chi connectivity index (χ3n) is 9.64. The van der Waals surface area contributed by atoms with Gasteiger partial charge in [-0.15, -0.1) is 0 Å². The molecule has 0 bridgehead atoms. The molecule has 0 N–H and O–H groups in total. The van der Waals surface area contributed by atoms with Crippen LogP contribution in [-0.4, -0.2) is 17.2 Å². The predicted octanol–water partition coefficient (Wildman–Crippen LogP) is 7.16. The van der Waals surface area contributed by atoms with Crippen LogP contribution in [0.25, 0.3) is 0 Å². The Bertz CT molecular complexity index is 915. The maximum atomic E-state index is 13.9. The van der Waals surface area contributed by atoms with Crippen molar-refractivity contribution in [2.75, 3.05) is 0 Å². The molecule has 0 aromatic carbocycles. The first-order valence-corrected chi connectivity index (χ1v) is 13.4. The molecule has 1 heterocycles. The van der Waals surface area contributed by atoms with Gasteiger partial charge in [-0.2, -0.15) is 0 Å². The number of ketones is 2. The van der Waals surface area contributed by atoms with Crippen LogP contribution in [-0.2, 0) is 14.3 Å². The molecule has 0 saturated heterocycles. The van der Waals surface area contributed by atoms with E-state index in [1.54, 1.807) is 5.57 Å². The van der Waals surface area contributed by atoms with Crippen LogP contribution < -0.4 is 0 Å². The number of Topliss-reactive ketones (excluding diaryl/α,β-unsaturated/α-hetero) is 2. The Morgan fingerprint density at radius 1 is 1.00 bits per heavy atom. The number of carbonyl (C=O) groups is 2. The molecule has 184 valence electrons. The molecule has 0 amide bonds. The molecular weight excluding hydrogens is 408 g/mol. The first kappa shape index (κ1) is 24.7. The lowest BCUT2D eigenvalue weighted by atomic mass is 9.52. The van der Waals surface area contributed by atoms with Gasteiger partial charge in [-0.3, -0.25) is 9.59 Å². The van der Waals surface area contributed by atoms with Crippen molar-refractivity contribution in [1.29, 1.82) is 0 Å². The van der Waals surface area contributed by atoms with Crippen LogP contribution in [0.2, 0.25) is 0 Å². The second-order valence-corrected chi connectivity index (χ2v) is 13.7. The zero-order valence-electron chi connectivity index (χ0n) is 22.7. The van der Waals surface area contributed by atoms with Gasteiger partial charge < -0.3 is 4.74 Å². The molecule has 0 spiro atoms. The highest BCUT2D eigenvalue weighted by Crippen LogP contribution is 2.60. The average molecular weight is 455 g/mol. The molecular formula is C30H46O3. The van der Waals surface area contributed by atoms with Gasteiger partial charge in [-0.05, 0) is 102 Å². The fourth-order valence-corrected chi connectivity index (χ4v) is 7.82. The van der Waals surface area contributed by atoms with Gasteiger partial charge >= 0.3 is 0 Å². The van der Waals surface area contributed by atoms with Gasteiger partial charge in [0.25, 0.3) is 0 Å². The molecule has 3 aliphatic carbocycles. The van der Waals surface area contributed by atoms with E-state index in [1.165, 1.54) is 12.8 Å². The van der Waals surface area contributed by atoms with E-state index in [0.717, 1.165) is 18.4 Å². The number of allylic oxidation sites excluding steroid dienone is 3.